The van der Waals surface area contributed by atoms with Crippen molar-refractivity contribution < 1.29 is 13.9 Å². The van der Waals surface area contributed by atoms with E-state index in [0.29, 0.717) is 12.0 Å². The van der Waals surface area contributed by atoms with Crippen molar-refractivity contribution in [2.45, 2.75) is 64.6 Å². The molecule has 0 aromatic heterocycles. The number of amides is 1. The van der Waals surface area contributed by atoms with Gasteiger partial charge in [-0.05, 0) is 73.6 Å². The van der Waals surface area contributed by atoms with E-state index in [1.54, 1.807) is 19.2 Å². The predicted octanol–water partition coefficient (Wildman–Crippen LogP) is 3.74. The lowest BCUT2D eigenvalue weighted by atomic mass is 9.59. The van der Waals surface area contributed by atoms with Crippen LogP contribution in [0.2, 0.25) is 0 Å². The third kappa shape index (κ3) is 4.31. The van der Waals surface area contributed by atoms with Crippen LogP contribution < -0.4 is 5.73 Å². The Balaban J connectivity index is 2.11. The minimum Gasteiger partial charge on any atom is -0.381 e. The van der Waals surface area contributed by atoms with E-state index in [2.05, 4.69) is 19.9 Å². The number of halogens is 1. The van der Waals surface area contributed by atoms with Crippen LogP contribution in [0.15, 0.2) is 18.2 Å². The molecule has 1 saturated carbocycles. The van der Waals surface area contributed by atoms with Gasteiger partial charge in [-0.15, -0.1) is 0 Å². The quantitative estimate of drug-likeness (QED) is 0.563. The SMILES string of the molecule is COC1C(C)CC2(Cc3ccc(C#N)cc3C2C(=O)N(CC(C)(C)F)C(=N)N)CC1C. The maximum absolute atomic E-state index is 14.5. The van der Waals surface area contributed by atoms with Gasteiger partial charge in [-0.3, -0.25) is 15.1 Å². The Bertz CT molecular complexity index is 905. The molecule has 0 bridgehead atoms. The van der Waals surface area contributed by atoms with Gasteiger partial charge in [0, 0.05) is 7.11 Å². The lowest BCUT2D eigenvalue weighted by molar-refractivity contribution is -0.136. The van der Waals surface area contributed by atoms with Crippen LogP contribution in [0.4, 0.5) is 4.39 Å². The van der Waals surface area contributed by atoms with Crippen molar-refractivity contribution in [2.24, 2.45) is 23.0 Å². The molecule has 3 atom stereocenters. The molecule has 3 N–H and O–H groups in total. The molecule has 0 heterocycles. The highest BCUT2D eigenvalue weighted by atomic mass is 19.1. The van der Waals surface area contributed by atoms with Gasteiger partial charge in [-0.1, -0.05) is 19.9 Å². The lowest BCUT2D eigenvalue weighted by Crippen LogP contribution is -2.53. The number of ether oxygens (including phenoxy) is 1. The number of nitrogens with two attached hydrogens (primary N) is 1. The van der Waals surface area contributed by atoms with Crippen LogP contribution in [0.3, 0.4) is 0 Å². The van der Waals surface area contributed by atoms with Crippen LogP contribution in [0.25, 0.3) is 0 Å². The van der Waals surface area contributed by atoms with E-state index in [1.165, 1.54) is 13.8 Å². The van der Waals surface area contributed by atoms with Crippen LogP contribution in [0.1, 0.15) is 63.1 Å². The number of nitriles is 1. The number of methoxy groups -OCH3 is 1. The molecule has 3 rings (SSSR count). The molecular weight excluding hydrogens is 395 g/mol. The fourth-order valence-corrected chi connectivity index (χ4v) is 6.12. The second kappa shape index (κ2) is 8.23. The third-order valence-electron chi connectivity index (χ3n) is 6.93. The number of guanidine groups is 1. The largest absolute Gasteiger partial charge is 0.381 e. The van der Waals surface area contributed by atoms with E-state index < -0.39 is 17.5 Å². The average Bonchev–Trinajstić information content (AvgIpc) is 2.96. The van der Waals surface area contributed by atoms with Crippen molar-refractivity contribution in [3.8, 4) is 6.07 Å². The number of fused-ring (bicyclic) bond motifs is 1. The van der Waals surface area contributed by atoms with E-state index in [1.807, 2.05) is 6.07 Å². The molecule has 168 valence electrons. The van der Waals surface area contributed by atoms with Crippen LogP contribution in [0.5, 0.6) is 0 Å². The van der Waals surface area contributed by atoms with Gasteiger partial charge in [0.05, 0.1) is 30.2 Å². The zero-order chi connectivity index (χ0) is 23.1. The Kier molecular flexibility index (Phi) is 6.16. The number of alkyl halides is 1. The van der Waals surface area contributed by atoms with Gasteiger partial charge >= 0.3 is 0 Å². The first-order valence-corrected chi connectivity index (χ1v) is 10.8. The van der Waals surface area contributed by atoms with Crippen molar-refractivity contribution in [1.82, 2.24) is 4.90 Å². The highest BCUT2D eigenvalue weighted by molar-refractivity contribution is 5.99. The summed E-state index contributed by atoms with van der Waals surface area (Å²) in [5, 5.41) is 17.4. The van der Waals surface area contributed by atoms with E-state index in [4.69, 9.17) is 15.9 Å². The first-order valence-electron chi connectivity index (χ1n) is 10.8. The summed E-state index contributed by atoms with van der Waals surface area (Å²) >= 11 is 0. The first kappa shape index (κ1) is 23.2. The minimum absolute atomic E-state index is 0.105. The summed E-state index contributed by atoms with van der Waals surface area (Å²) in [5.74, 6) is -0.927. The van der Waals surface area contributed by atoms with E-state index in [-0.39, 0.29) is 35.8 Å². The molecule has 0 aliphatic heterocycles. The third-order valence-corrected chi connectivity index (χ3v) is 6.93. The molecule has 0 saturated heterocycles. The number of benzene rings is 1. The van der Waals surface area contributed by atoms with Crippen LogP contribution in [-0.2, 0) is 16.0 Å². The Hall–Kier alpha value is -2.46. The lowest BCUT2D eigenvalue weighted by Gasteiger charge is -2.48. The fraction of sp³-hybridized carbons (Fsp3) is 0.625. The van der Waals surface area contributed by atoms with Crippen molar-refractivity contribution in [2.75, 3.05) is 13.7 Å². The topological polar surface area (TPSA) is 103 Å². The molecule has 31 heavy (non-hydrogen) atoms. The molecule has 1 fully saturated rings. The Morgan fingerprint density at radius 3 is 2.48 bits per heavy atom. The van der Waals surface area contributed by atoms with Gasteiger partial charge in [-0.2, -0.15) is 5.26 Å². The normalized spacial score (nSPS) is 30.0. The molecule has 1 aromatic rings. The number of rotatable bonds is 4. The predicted molar refractivity (Wildman–Crippen MR) is 117 cm³/mol. The number of carbonyl (C=O) groups is 1. The monoisotopic (exact) mass is 428 g/mol. The minimum atomic E-state index is -1.70. The molecule has 1 spiro atoms. The van der Waals surface area contributed by atoms with E-state index >= 15 is 0 Å². The second-order valence-electron chi connectivity index (χ2n) is 10.1. The molecular formula is C24H33FN4O2. The Morgan fingerprint density at radius 1 is 1.39 bits per heavy atom. The van der Waals surface area contributed by atoms with Crippen molar-refractivity contribution in [3.05, 3.63) is 34.9 Å². The van der Waals surface area contributed by atoms with Gasteiger partial charge < -0.3 is 10.5 Å². The zero-order valence-corrected chi connectivity index (χ0v) is 19.0. The molecule has 0 radical (unpaired) electrons. The highest BCUT2D eigenvalue weighted by Crippen LogP contribution is 2.58. The van der Waals surface area contributed by atoms with Crippen LogP contribution in [0, 0.1) is 34.0 Å². The standard InChI is InChI=1S/C24H33FN4O2/c1-14-9-24(10-15(2)20(14)31-5)11-17-7-6-16(12-26)8-18(17)19(24)21(30)29(22(27)28)13-23(3,4)25/h6-8,14-15,19-20H,9-11,13H2,1-5H3,(H3,27,28). The average molecular weight is 429 g/mol. The second-order valence-corrected chi connectivity index (χ2v) is 10.1. The van der Waals surface area contributed by atoms with Crippen molar-refractivity contribution in [1.29, 1.82) is 10.7 Å². The Morgan fingerprint density at radius 2 is 2.00 bits per heavy atom. The number of carbonyl (C=O) groups excluding carboxylic acids is 1. The summed E-state index contributed by atoms with van der Waals surface area (Å²) in [6, 6.07) is 7.65. The Labute approximate surface area is 184 Å². The van der Waals surface area contributed by atoms with Crippen molar-refractivity contribution in [3.63, 3.8) is 0 Å². The summed E-state index contributed by atoms with van der Waals surface area (Å²) in [4.78, 5) is 15.0. The first-order chi connectivity index (χ1) is 14.4. The summed E-state index contributed by atoms with van der Waals surface area (Å²) in [5.41, 5.74) is 6.01. The van der Waals surface area contributed by atoms with Crippen LogP contribution in [-0.4, -0.2) is 42.2 Å². The summed E-state index contributed by atoms with van der Waals surface area (Å²) in [7, 11) is 1.72. The molecule has 7 heteroatoms. The van der Waals surface area contributed by atoms with Crippen molar-refractivity contribution >= 4 is 11.9 Å². The molecule has 2 aliphatic rings. The van der Waals surface area contributed by atoms with E-state index in [9.17, 15) is 14.4 Å². The van der Waals surface area contributed by atoms with Gasteiger partial charge in [0.25, 0.3) is 0 Å². The number of nitrogens with one attached hydrogen (secondary N) is 1. The number of hydrogen-bond acceptors (Lipinski definition) is 4. The molecule has 1 amide bonds. The van der Waals surface area contributed by atoms with Gasteiger partial charge in [-0.25, -0.2) is 4.39 Å². The zero-order valence-electron chi connectivity index (χ0n) is 19.0. The van der Waals surface area contributed by atoms with Crippen LogP contribution >= 0.6 is 0 Å². The fourth-order valence-electron chi connectivity index (χ4n) is 6.12. The summed E-state index contributed by atoms with van der Waals surface area (Å²) in [6.07, 6.45) is 2.36. The maximum atomic E-state index is 14.5. The maximum Gasteiger partial charge on any atom is 0.237 e. The number of hydrogen-bond donors (Lipinski definition) is 2. The molecule has 3 unspecified atom stereocenters. The molecule has 1 aromatic carbocycles. The number of nitrogens with zero attached hydrogens (tertiary/aromatic N) is 2. The molecule has 6 nitrogen and oxygen atoms in total. The highest BCUT2D eigenvalue weighted by Gasteiger charge is 2.55. The molecule has 2 aliphatic carbocycles. The van der Waals surface area contributed by atoms with Gasteiger partial charge in [0.15, 0.2) is 5.96 Å². The van der Waals surface area contributed by atoms with Gasteiger partial charge in [0.1, 0.15) is 5.67 Å². The smallest absolute Gasteiger partial charge is 0.237 e. The van der Waals surface area contributed by atoms with Gasteiger partial charge in [0.2, 0.25) is 5.91 Å². The summed E-state index contributed by atoms with van der Waals surface area (Å²) < 4.78 is 20.2. The summed E-state index contributed by atoms with van der Waals surface area (Å²) in [6.45, 7) is 6.74. The van der Waals surface area contributed by atoms with E-state index in [0.717, 1.165) is 28.9 Å².